The molecule has 0 spiro atoms. The number of fused-ring (bicyclic) bond motifs is 1. The normalized spacial score (nSPS) is 16.7. The molecule has 0 atom stereocenters. The minimum Gasteiger partial charge on any atom is -0.378 e. The number of para-hydroxylation sites is 1. The summed E-state index contributed by atoms with van der Waals surface area (Å²) in [5, 5.41) is 3.47. The predicted octanol–water partition coefficient (Wildman–Crippen LogP) is 2.67. The number of benzene rings is 1. The molecule has 0 radical (unpaired) electrons. The highest BCUT2D eigenvalue weighted by Gasteiger charge is 2.22. The molecule has 3 heterocycles. The molecule has 1 aromatic carbocycles. The lowest BCUT2D eigenvalue weighted by atomic mass is 10.2. The third-order valence-corrected chi connectivity index (χ3v) is 4.95. The van der Waals surface area contributed by atoms with Crippen LogP contribution in [0.2, 0.25) is 0 Å². The molecule has 2 aliphatic heterocycles. The van der Waals surface area contributed by atoms with Crippen molar-refractivity contribution in [3.63, 3.8) is 0 Å². The minimum atomic E-state index is 0. The number of anilines is 2. The molecule has 1 aromatic heterocycles. The molecule has 144 valence electrons. The van der Waals surface area contributed by atoms with Gasteiger partial charge in [-0.2, -0.15) is 0 Å². The molecule has 27 heavy (non-hydrogen) atoms. The molecule has 2 aliphatic rings. The largest absolute Gasteiger partial charge is 0.378 e. The monoisotopic (exact) mass is 479 g/mol. The number of ether oxygens (including phenoxy) is 1. The van der Waals surface area contributed by atoms with E-state index in [2.05, 4.69) is 61.5 Å². The number of pyridine rings is 1. The fourth-order valence-electron chi connectivity index (χ4n) is 3.54. The van der Waals surface area contributed by atoms with Gasteiger partial charge in [0.25, 0.3) is 0 Å². The first kappa shape index (κ1) is 19.9. The van der Waals surface area contributed by atoms with E-state index in [0.717, 1.165) is 56.6 Å². The second-order valence-electron chi connectivity index (χ2n) is 6.56. The molecule has 0 unspecified atom stereocenters. The van der Waals surface area contributed by atoms with E-state index >= 15 is 0 Å². The Hall–Kier alpha value is -1.87. The van der Waals surface area contributed by atoms with Crippen LogP contribution < -0.4 is 15.1 Å². The topological polar surface area (TPSA) is 53.0 Å². The second-order valence-corrected chi connectivity index (χ2v) is 6.56. The zero-order valence-electron chi connectivity index (χ0n) is 15.6. The summed E-state index contributed by atoms with van der Waals surface area (Å²) in [7, 11) is 1.84. The molecule has 7 heteroatoms. The Kier molecular flexibility index (Phi) is 6.89. The second kappa shape index (κ2) is 9.36. The quantitative estimate of drug-likeness (QED) is 0.417. The maximum absolute atomic E-state index is 5.40. The van der Waals surface area contributed by atoms with Crippen LogP contribution in [0.25, 0.3) is 0 Å². The van der Waals surface area contributed by atoms with Gasteiger partial charge in [0.1, 0.15) is 5.82 Å². The zero-order valence-corrected chi connectivity index (χ0v) is 17.9. The van der Waals surface area contributed by atoms with Crippen LogP contribution in [-0.4, -0.2) is 50.8 Å². The number of aromatic nitrogens is 1. The molecular formula is C20H26IN5O. The summed E-state index contributed by atoms with van der Waals surface area (Å²) in [6, 6.07) is 12.8. The molecular weight excluding hydrogens is 453 g/mol. The average molecular weight is 479 g/mol. The van der Waals surface area contributed by atoms with Crippen molar-refractivity contribution in [2.24, 2.45) is 4.99 Å². The summed E-state index contributed by atoms with van der Waals surface area (Å²) in [5.74, 6) is 1.93. The lowest BCUT2D eigenvalue weighted by molar-refractivity contribution is 0.122. The third-order valence-electron chi connectivity index (χ3n) is 4.95. The first-order valence-electron chi connectivity index (χ1n) is 9.19. The van der Waals surface area contributed by atoms with Gasteiger partial charge < -0.3 is 19.9 Å². The standard InChI is InChI=1S/C20H25N5O.HI/c1-21-20(25-9-8-17-4-2-3-5-18(17)25)23-15-16-6-7-19(22-14-16)24-10-12-26-13-11-24;/h2-7,14H,8-13,15H2,1H3,(H,21,23);1H. The number of hydrogen-bond donors (Lipinski definition) is 1. The number of guanidine groups is 1. The highest BCUT2D eigenvalue weighted by atomic mass is 127. The Labute approximate surface area is 177 Å². The average Bonchev–Trinajstić information content (AvgIpc) is 3.14. The smallest absolute Gasteiger partial charge is 0.198 e. The van der Waals surface area contributed by atoms with Gasteiger partial charge in [0, 0.05) is 45.1 Å². The summed E-state index contributed by atoms with van der Waals surface area (Å²) in [4.78, 5) is 13.6. The number of hydrogen-bond acceptors (Lipinski definition) is 4. The summed E-state index contributed by atoms with van der Waals surface area (Å²) >= 11 is 0. The fourth-order valence-corrected chi connectivity index (χ4v) is 3.54. The van der Waals surface area contributed by atoms with E-state index in [1.165, 1.54) is 11.3 Å². The van der Waals surface area contributed by atoms with E-state index < -0.39 is 0 Å². The van der Waals surface area contributed by atoms with Gasteiger partial charge in [-0.15, -0.1) is 24.0 Å². The minimum absolute atomic E-state index is 0. The van der Waals surface area contributed by atoms with Gasteiger partial charge in [-0.3, -0.25) is 4.99 Å². The number of nitrogens with zero attached hydrogens (tertiary/aromatic N) is 4. The van der Waals surface area contributed by atoms with Crippen molar-refractivity contribution in [2.45, 2.75) is 13.0 Å². The van der Waals surface area contributed by atoms with Crippen molar-refractivity contribution in [3.8, 4) is 0 Å². The summed E-state index contributed by atoms with van der Waals surface area (Å²) < 4.78 is 5.40. The van der Waals surface area contributed by atoms with E-state index in [1.807, 2.05) is 13.2 Å². The Balaban J connectivity index is 0.00000210. The summed E-state index contributed by atoms with van der Waals surface area (Å²) in [6.45, 7) is 5.05. The fraction of sp³-hybridized carbons (Fsp3) is 0.400. The van der Waals surface area contributed by atoms with Crippen LogP contribution in [0.15, 0.2) is 47.6 Å². The molecule has 1 N–H and O–H groups in total. The number of aliphatic imine (C=N–C) groups is 1. The summed E-state index contributed by atoms with van der Waals surface area (Å²) in [5.41, 5.74) is 3.78. The van der Waals surface area contributed by atoms with Crippen LogP contribution in [0, 0.1) is 0 Å². The summed E-state index contributed by atoms with van der Waals surface area (Å²) in [6.07, 6.45) is 3.01. The molecule has 1 saturated heterocycles. The van der Waals surface area contributed by atoms with Gasteiger partial charge in [0.05, 0.1) is 13.2 Å². The van der Waals surface area contributed by atoms with Gasteiger partial charge >= 0.3 is 0 Å². The Morgan fingerprint density at radius 3 is 2.70 bits per heavy atom. The SMILES string of the molecule is CN=C(NCc1ccc(N2CCOCC2)nc1)N1CCc2ccccc21.I. The van der Waals surface area contributed by atoms with Crippen LogP contribution in [0.3, 0.4) is 0 Å². The number of rotatable bonds is 3. The van der Waals surface area contributed by atoms with Crippen molar-refractivity contribution in [1.82, 2.24) is 10.3 Å². The van der Waals surface area contributed by atoms with Crippen LogP contribution in [0.4, 0.5) is 11.5 Å². The Bertz CT molecular complexity index is 774. The maximum Gasteiger partial charge on any atom is 0.198 e. The molecule has 6 nitrogen and oxygen atoms in total. The maximum atomic E-state index is 5.40. The van der Waals surface area contributed by atoms with Crippen LogP contribution >= 0.6 is 24.0 Å². The van der Waals surface area contributed by atoms with Crippen molar-refractivity contribution in [2.75, 3.05) is 49.7 Å². The van der Waals surface area contributed by atoms with Gasteiger partial charge in [-0.25, -0.2) is 4.98 Å². The predicted molar refractivity (Wildman–Crippen MR) is 120 cm³/mol. The van der Waals surface area contributed by atoms with Gasteiger partial charge in [0.2, 0.25) is 0 Å². The van der Waals surface area contributed by atoms with E-state index in [-0.39, 0.29) is 24.0 Å². The van der Waals surface area contributed by atoms with Gasteiger partial charge in [-0.05, 0) is 29.7 Å². The number of halogens is 1. The Morgan fingerprint density at radius 1 is 1.15 bits per heavy atom. The van der Waals surface area contributed by atoms with Crippen LogP contribution in [0.5, 0.6) is 0 Å². The van der Waals surface area contributed by atoms with E-state index in [4.69, 9.17) is 4.74 Å². The lowest BCUT2D eigenvalue weighted by Crippen LogP contribution is -2.40. The first-order chi connectivity index (χ1) is 12.8. The van der Waals surface area contributed by atoms with E-state index in [1.54, 1.807) is 0 Å². The van der Waals surface area contributed by atoms with Crippen molar-refractivity contribution < 1.29 is 4.74 Å². The molecule has 0 bridgehead atoms. The number of nitrogens with one attached hydrogen (secondary N) is 1. The highest BCUT2D eigenvalue weighted by Crippen LogP contribution is 2.27. The number of morpholine rings is 1. The van der Waals surface area contributed by atoms with Crippen LogP contribution in [-0.2, 0) is 17.7 Å². The molecule has 4 rings (SSSR count). The van der Waals surface area contributed by atoms with E-state index in [0.29, 0.717) is 6.54 Å². The van der Waals surface area contributed by atoms with Gasteiger partial charge in [0.15, 0.2) is 5.96 Å². The molecule has 0 saturated carbocycles. The van der Waals surface area contributed by atoms with Crippen molar-refractivity contribution in [3.05, 3.63) is 53.7 Å². The third kappa shape index (κ3) is 4.52. The van der Waals surface area contributed by atoms with E-state index in [9.17, 15) is 0 Å². The zero-order chi connectivity index (χ0) is 17.8. The van der Waals surface area contributed by atoms with Crippen molar-refractivity contribution in [1.29, 1.82) is 0 Å². The Morgan fingerprint density at radius 2 is 1.96 bits per heavy atom. The lowest BCUT2D eigenvalue weighted by Gasteiger charge is -2.27. The molecule has 1 fully saturated rings. The van der Waals surface area contributed by atoms with Crippen molar-refractivity contribution >= 4 is 41.4 Å². The molecule has 0 aliphatic carbocycles. The van der Waals surface area contributed by atoms with Gasteiger partial charge in [-0.1, -0.05) is 24.3 Å². The molecule has 0 amide bonds. The highest BCUT2D eigenvalue weighted by molar-refractivity contribution is 14.0. The molecule has 2 aromatic rings. The first-order valence-corrected chi connectivity index (χ1v) is 9.19. The van der Waals surface area contributed by atoms with Crippen LogP contribution in [0.1, 0.15) is 11.1 Å².